The van der Waals surface area contributed by atoms with E-state index >= 15 is 0 Å². The fourth-order valence-corrected chi connectivity index (χ4v) is 2.94. The first-order valence-corrected chi connectivity index (χ1v) is 8.47. The highest BCUT2D eigenvalue weighted by Crippen LogP contribution is 2.31. The second-order valence-corrected chi connectivity index (χ2v) is 6.46. The molecule has 3 aromatic rings. The minimum Gasteiger partial charge on any atom is -0.354 e. The van der Waals surface area contributed by atoms with E-state index in [0.29, 0.717) is 16.9 Å². The molecule has 6 heteroatoms. The number of fused-ring (bicyclic) bond motifs is 1. The molecule has 0 bridgehead atoms. The molecule has 0 atom stereocenters. The third kappa shape index (κ3) is 3.78. The van der Waals surface area contributed by atoms with Gasteiger partial charge in [0.2, 0.25) is 5.91 Å². The third-order valence-corrected chi connectivity index (χ3v) is 4.21. The highest BCUT2D eigenvalue weighted by molar-refractivity contribution is 14.1. The van der Waals surface area contributed by atoms with Crippen LogP contribution in [0.1, 0.15) is 5.56 Å². The number of hydrogen-bond acceptors (Lipinski definition) is 4. The van der Waals surface area contributed by atoms with Crippen molar-refractivity contribution in [3.05, 3.63) is 70.5 Å². The van der Waals surface area contributed by atoms with Crippen molar-refractivity contribution in [2.45, 2.75) is 0 Å². The van der Waals surface area contributed by atoms with Gasteiger partial charge in [0.15, 0.2) is 0 Å². The Morgan fingerprint density at radius 2 is 2.08 bits per heavy atom. The Labute approximate surface area is 158 Å². The lowest BCUT2D eigenvalue weighted by molar-refractivity contribution is -0.111. The first-order valence-electron chi connectivity index (χ1n) is 7.39. The zero-order valence-corrected chi connectivity index (χ0v) is 15.2. The van der Waals surface area contributed by atoms with Gasteiger partial charge in [-0.05, 0) is 65.1 Å². The molecule has 0 spiro atoms. The van der Waals surface area contributed by atoms with Crippen molar-refractivity contribution in [2.24, 2.45) is 0 Å². The van der Waals surface area contributed by atoms with Crippen molar-refractivity contribution in [1.82, 2.24) is 4.98 Å². The molecular formula is C19H13IN4O. The van der Waals surface area contributed by atoms with Gasteiger partial charge in [0.1, 0.15) is 6.07 Å². The average molecular weight is 440 g/mol. The van der Waals surface area contributed by atoms with Crippen LogP contribution < -0.4 is 10.6 Å². The standard InChI is InChI=1S/C19H13IN4O/c1-2-18(25)23-15-6-7-17-16(9-15)19(12(10-21)11-22-17)24-14-5-3-4-13(20)8-14/h2-9,11H,1H2,(H,22,24)(H,23,25). The van der Waals surface area contributed by atoms with Gasteiger partial charge in [-0.3, -0.25) is 9.78 Å². The van der Waals surface area contributed by atoms with Crippen LogP contribution in [0.4, 0.5) is 17.1 Å². The second-order valence-electron chi connectivity index (χ2n) is 5.22. The van der Waals surface area contributed by atoms with Crippen LogP contribution in [0.25, 0.3) is 10.9 Å². The van der Waals surface area contributed by atoms with E-state index in [1.165, 1.54) is 6.08 Å². The normalized spacial score (nSPS) is 10.1. The number of rotatable bonds is 4. The summed E-state index contributed by atoms with van der Waals surface area (Å²) in [6, 6.07) is 15.4. The Hall–Kier alpha value is -2.92. The summed E-state index contributed by atoms with van der Waals surface area (Å²) < 4.78 is 1.08. The molecular weight excluding hydrogens is 427 g/mol. The van der Waals surface area contributed by atoms with E-state index in [2.05, 4.69) is 50.9 Å². The van der Waals surface area contributed by atoms with E-state index in [4.69, 9.17) is 0 Å². The molecule has 0 aliphatic rings. The number of benzene rings is 2. The first-order chi connectivity index (χ1) is 12.1. The van der Waals surface area contributed by atoms with E-state index < -0.39 is 0 Å². The Morgan fingerprint density at radius 1 is 1.24 bits per heavy atom. The molecule has 0 radical (unpaired) electrons. The summed E-state index contributed by atoms with van der Waals surface area (Å²) in [6.45, 7) is 3.45. The van der Waals surface area contributed by atoms with Gasteiger partial charge in [-0.25, -0.2) is 0 Å². The largest absolute Gasteiger partial charge is 0.354 e. The van der Waals surface area contributed by atoms with E-state index in [1.807, 2.05) is 24.3 Å². The number of halogens is 1. The van der Waals surface area contributed by atoms with Crippen LogP contribution >= 0.6 is 22.6 Å². The minimum absolute atomic E-state index is 0.295. The second kappa shape index (κ2) is 7.32. The summed E-state index contributed by atoms with van der Waals surface area (Å²) in [4.78, 5) is 15.9. The monoisotopic (exact) mass is 440 g/mol. The molecule has 2 N–H and O–H groups in total. The smallest absolute Gasteiger partial charge is 0.247 e. The SMILES string of the molecule is C=CC(=O)Nc1ccc2ncc(C#N)c(Nc3cccc(I)c3)c2c1. The molecule has 0 unspecified atom stereocenters. The minimum atomic E-state index is -0.295. The number of nitriles is 1. The Bertz CT molecular complexity index is 1020. The summed E-state index contributed by atoms with van der Waals surface area (Å²) in [5.41, 5.74) is 3.29. The van der Waals surface area contributed by atoms with Crippen LogP contribution in [0, 0.1) is 14.9 Å². The molecule has 0 fully saturated rings. The Morgan fingerprint density at radius 3 is 2.80 bits per heavy atom. The number of nitrogens with one attached hydrogen (secondary N) is 2. The quantitative estimate of drug-likeness (QED) is 0.460. The van der Waals surface area contributed by atoms with Crippen LogP contribution in [-0.4, -0.2) is 10.9 Å². The number of carbonyl (C=O) groups is 1. The van der Waals surface area contributed by atoms with Gasteiger partial charge >= 0.3 is 0 Å². The van der Waals surface area contributed by atoms with Gasteiger partial charge in [-0.15, -0.1) is 0 Å². The van der Waals surface area contributed by atoms with E-state index in [0.717, 1.165) is 20.2 Å². The number of carbonyl (C=O) groups excluding carboxylic acids is 1. The predicted molar refractivity (Wildman–Crippen MR) is 108 cm³/mol. The van der Waals surface area contributed by atoms with E-state index in [-0.39, 0.29) is 5.91 Å². The number of pyridine rings is 1. The van der Waals surface area contributed by atoms with E-state index in [9.17, 15) is 10.1 Å². The van der Waals surface area contributed by atoms with Crippen molar-refractivity contribution < 1.29 is 4.79 Å². The lowest BCUT2D eigenvalue weighted by atomic mass is 10.1. The number of aromatic nitrogens is 1. The first kappa shape index (κ1) is 16.9. The highest BCUT2D eigenvalue weighted by atomic mass is 127. The summed E-state index contributed by atoms with van der Waals surface area (Å²) in [6.07, 6.45) is 2.75. The summed E-state index contributed by atoms with van der Waals surface area (Å²) in [7, 11) is 0. The number of anilines is 3. The van der Waals surface area contributed by atoms with Crippen LogP contribution in [0.2, 0.25) is 0 Å². The molecule has 0 saturated heterocycles. The van der Waals surface area contributed by atoms with Gasteiger partial charge in [-0.1, -0.05) is 12.6 Å². The maximum Gasteiger partial charge on any atom is 0.247 e. The zero-order valence-electron chi connectivity index (χ0n) is 13.1. The molecule has 122 valence electrons. The molecule has 1 aromatic heterocycles. The predicted octanol–water partition coefficient (Wildman–Crippen LogP) is 4.58. The number of nitrogens with zero attached hydrogens (tertiary/aromatic N) is 2. The van der Waals surface area contributed by atoms with Crippen LogP contribution in [0.3, 0.4) is 0 Å². The zero-order chi connectivity index (χ0) is 17.8. The molecule has 5 nitrogen and oxygen atoms in total. The van der Waals surface area contributed by atoms with Gasteiger partial charge in [0.25, 0.3) is 0 Å². The van der Waals surface area contributed by atoms with Crippen LogP contribution in [0.15, 0.2) is 61.3 Å². The van der Waals surface area contributed by atoms with Gasteiger partial charge in [0, 0.05) is 26.5 Å². The van der Waals surface area contributed by atoms with Crippen molar-refractivity contribution in [3.8, 4) is 6.07 Å². The van der Waals surface area contributed by atoms with Gasteiger partial charge in [0.05, 0.1) is 16.8 Å². The van der Waals surface area contributed by atoms with Crippen molar-refractivity contribution >= 4 is 56.5 Å². The van der Waals surface area contributed by atoms with Crippen LogP contribution in [-0.2, 0) is 4.79 Å². The molecule has 2 aromatic carbocycles. The molecule has 3 rings (SSSR count). The van der Waals surface area contributed by atoms with Gasteiger partial charge < -0.3 is 10.6 Å². The fourth-order valence-electron chi connectivity index (χ4n) is 2.39. The Kier molecular flexibility index (Phi) is 4.95. The summed E-state index contributed by atoms with van der Waals surface area (Å²) >= 11 is 2.23. The van der Waals surface area contributed by atoms with Gasteiger partial charge in [-0.2, -0.15) is 5.26 Å². The maximum atomic E-state index is 11.5. The lowest BCUT2D eigenvalue weighted by Crippen LogP contribution is -2.07. The number of hydrogen-bond donors (Lipinski definition) is 2. The van der Waals surface area contributed by atoms with Crippen LogP contribution in [0.5, 0.6) is 0 Å². The molecule has 1 heterocycles. The highest BCUT2D eigenvalue weighted by Gasteiger charge is 2.11. The van der Waals surface area contributed by atoms with Crippen molar-refractivity contribution in [2.75, 3.05) is 10.6 Å². The summed E-state index contributed by atoms with van der Waals surface area (Å²) in [5, 5.41) is 16.2. The molecule has 25 heavy (non-hydrogen) atoms. The van der Waals surface area contributed by atoms with E-state index in [1.54, 1.807) is 24.4 Å². The third-order valence-electron chi connectivity index (χ3n) is 3.54. The lowest BCUT2D eigenvalue weighted by Gasteiger charge is -2.13. The average Bonchev–Trinajstić information content (AvgIpc) is 2.62. The Balaban J connectivity index is 2.13. The summed E-state index contributed by atoms with van der Waals surface area (Å²) in [5.74, 6) is -0.295. The molecule has 0 aliphatic heterocycles. The molecule has 0 saturated carbocycles. The molecule has 1 amide bonds. The fraction of sp³-hybridized carbons (Fsp3) is 0. The topological polar surface area (TPSA) is 77.8 Å². The maximum absolute atomic E-state index is 11.5. The van der Waals surface area contributed by atoms with Crippen molar-refractivity contribution in [3.63, 3.8) is 0 Å². The molecule has 0 aliphatic carbocycles. The van der Waals surface area contributed by atoms with Crippen molar-refractivity contribution in [1.29, 1.82) is 5.26 Å². The number of amides is 1.